The van der Waals surface area contributed by atoms with Crippen molar-refractivity contribution in [2.24, 2.45) is 0 Å². The molecule has 4 aromatic carbocycles. The predicted molar refractivity (Wildman–Crippen MR) is 200 cm³/mol. The average molecular weight is 708 g/mol. The number of ether oxygens (including phenoxy) is 2. The Bertz CT molecular complexity index is 1860. The first-order valence-corrected chi connectivity index (χ1v) is 17.6. The van der Waals surface area contributed by atoms with Crippen molar-refractivity contribution in [3.05, 3.63) is 102 Å². The molecule has 0 spiro atoms. The van der Waals surface area contributed by atoms with Crippen LogP contribution in [0.25, 0.3) is 11.1 Å². The van der Waals surface area contributed by atoms with Crippen molar-refractivity contribution >= 4 is 35.5 Å². The Balaban J connectivity index is 0.953. The number of fused-ring (bicyclic) bond motifs is 1. The fraction of sp³-hybridized carbons (Fsp3) is 0.325. The molecule has 4 aromatic rings. The summed E-state index contributed by atoms with van der Waals surface area (Å²) in [6, 6.07) is 26.1. The highest BCUT2D eigenvalue weighted by Gasteiger charge is 2.28. The zero-order valence-corrected chi connectivity index (χ0v) is 29.2. The Morgan fingerprint density at radius 3 is 2.50 bits per heavy atom. The summed E-state index contributed by atoms with van der Waals surface area (Å²) < 4.78 is 11.5. The van der Waals surface area contributed by atoms with E-state index in [0.717, 1.165) is 47.5 Å². The van der Waals surface area contributed by atoms with Gasteiger partial charge in [-0.1, -0.05) is 54.6 Å². The van der Waals surface area contributed by atoms with Crippen LogP contribution in [0.15, 0.2) is 84.9 Å². The van der Waals surface area contributed by atoms with Crippen LogP contribution >= 0.6 is 0 Å². The highest BCUT2D eigenvalue weighted by atomic mass is 16.6. The standard InChI is InChI=1S/C40H45N5O7/c1-51-38-23-35-28(21-30(38)24-41-25-37(48)29-11-12-36(47)34(22-29)42-26-46)13-20-45(35)39(49)16-19-44-17-14-31(15-18-44)52-40(50)43-33-10-6-5-9-32(33)27-7-3-2-4-8-27/h2-12,21-23,26,31,37,41,47-48H,13-20,24-25H2,1H3,(H,42,46)(H,43,50)/t37-/m0/s1. The fourth-order valence-corrected chi connectivity index (χ4v) is 6.85. The quantitative estimate of drug-likeness (QED) is 0.0851. The summed E-state index contributed by atoms with van der Waals surface area (Å²) in [6.07, 6.45) is 1.47. The van der Waals surface area contributed by atoms with E-state index < -0.39 is 12.2 Å². The molecule has 52 heavy (non-hydrogen) atoms. The number of methoxy groups -OCH3 is 1. The van der Waals surface area contributed by atoms with E-state index in [1.165, 1.54) is 12.1 Å². The molecule has 1 fully saturated rings. The molecule has 2 aliphatic heterocycles. The van der Waals surface area contributed by atoms with E-state index in [-0.39, 0.29) is 30.0 Å². The number of carbonyl (C=O) groups is 3. The SMILES string of the molecule is COc1cc2c(cc1CNC[C@H](O)c1ccc(O)c(NC=O)c1)CCN2C(=O)CCN1CCC(OC(=O)Nc2ccccc2-c2ccccc2)CC1. The average Bonchev–Trinajstić information content (AvgIpc) is 3.58. The molecule has 0 aliphatic carbocycles. The lowest BCUT2D eigenvalue weighted by Crippen LogP contribution is -2.40. The van der Waals surface area contributed by atoms with Gasteiger partial charge in [-0.2, -0.15) is 0 Å². The number of amides is 3. The summed E-state index contributed by atoms with van der Waals surface area (Å²) >= 11 is 0. The molecule has 5 N–H and O–H groups in total. The summed E-state index contributed by atoms with van der Waals surface area (Å²) in [6.45, 7) is 3.37. The topological polar surface area (TPSA) is 153 Å². The van der Waals surface area contributed by atoms with Gasteiger partial charge in [0.15, 0.2) is 0 Å². The largest absolute Gasteiger partial charge is 0.506 e. The van der Waals surface area contributed by atoms with E-state index >= 15 is 0 Å². The predicted octanol–water partition coefficient (Wildman–Crippen LogP) is 5.45. The number of piperidine rings is 1. The molecule has 2 aliphatic rings. The van der Waals surface area contributed by atoms with Gasteiger partial charge in [-0.25, -0.2) is 4.79 Å². The number of aromatic hydroxyl groups is 1. The molecule has 2 heterocycles. The van der Waals surface area contributed by atoms with E-state index in [9.17, 15) is 24.6 Å². The van der Waals surface area contributed by atoms with Gasteiger partial charge in [-0.05, 0) is 60.2 Å². The lowest BCUT2D eigenvalue weighted by Gasteiger charge is -2.31. The monoisotopic (exact) mass is 707 g/mol. The number of anilines is 3. The zero-order chi connectivity index (χ0) is 36.5. The summed E-state index contributed by atoms with van der Waals surface area (Å²) in [5.41, 5.74) is 6.26. The number of phenols is 1. The van der Waals surface area contributed by atoms with Crippen LogP contribution in [0.1, 0.15) is 42.1 Å². The molecule has 1 saturated heterocycles. The van der Waals surface area contributed by atoms with E-state index in [1.54, 1.807) is 13.2 Å². The second kappa shape index (κ2) is 17.2. The Morgan fingerprint density at radius 2 is 1.73 bits per heavy atom. The summed E-state index contributed by atoms with van der Waals surface area (Å²) in [4.78, 5) is 41.1. The second-order valence-corrected chi connectivity index (χ2v) is 13.0. The Morgan fingerprint density at radius 1 is 0.962 bits per heavy atom. The molecule has 6 rings (SSSR count). The number of nitrogens with one attached hydrogen (secondary N) is 3. The highest BCUT2D eigenvalue weighted by molar-refractivity contribution is 5.96. The Hall–Kier alpha value is -5.43. The number of benzene rings is 4. The van der Waals surface area contributed by atoms with Crippen molar-refractivity contribution in [3.8, 4) is 22.6 Å². The number of rotatable bonds is 14. The molecule has 1 atom stereocenters. The van der Waals surface area contributed by atoms with Gasteiger partial charge in [0, 0.05) is 62.9 Å². The Labute approximate surface area is 303 Å². The first-order valence-electron chi connectivity index (χ1n) is 17.6. The lowest BCUT2D eigenvalue weighted by atomic mass is 10.0. The van der Waals surface area contributed by atoms with Crippen molar-refractivity contribution in [2.75, 3.05) is 55.4 Å². The van der Waals surface area contributed by atoms with Crippen molar-refractivity contribution in [3.63, 3.8) is 0 Å². The van der Waals surface area contributed by atoms with Crippen LogP contribution in [0.5, 0.6) is 11.5 Å². The molecule has 0 radical (unpaired) electrons. The smallest absolute Gasteiger partial charge is 0.411 e. The number of aliphatic hydroxyl groups is 1. The number of phenolic OH excluding ortho intramolecular Hbond substituents is 1. The first kappa shape index (κ1) is 36.4. The van der Waals surface area contributed by atoms with Crippen molar-refractivity contribution in [1.29, 1.82) is 0 Å². The molecule has 272 valence electrons. The molecule has 0 saturated carbocycles. The van der Waals surface area contributed by atoms with Gasteiger partial charge >= 0.3 is 6.09 Å². The fourth-order valence-electron chi connectivity index (χ4n) is 6.85. The highest BCUT2D eigenvalue weighted by Crippen LogP contribution is 2.35. The molecule has 0 unspecified atom stereocenters. The minimum Gasteiger partial charge on any atom is -0.506 e. The van der Waals surface area contributed by atoms with E-state index in [1.807, 2.05) is 65.6 Å². The first-order chi connectivity index (χ1) is 25.3. The van der Waals surface area contributed by atoms with Gasteiger partial charge in [0.2, 0.25) is 12.3 Å². The number of para-hydroxylation sites is 1. The summed E-state index contributed by atoms with van der Waals surface area (Å²) in [5, 5.41) is 29.2. The van der Waals surface area contributed by atoms with Crippen molar-refractivity contribution < 1.29 is 34.1 Å². The van der Waals surface area contributed by atoms with Crippen LogP contribution in [0.2, 0.25) is 0 Å². The third-order valence-corrected chi connectivity index (χ3v) is 9.65. The molecular formula is C40H45N5O7. The number of carbonyl (C=O) groups excluding carboxylic acids is 3. The van der Waals surface area contributed by atoms with E-state index in [4.69, 9.17) is 9.47 Å². The van der Waals surface area contributed by atoms with Gasteiger partial charge < -0.3 is 40.1 Å². The van der Waals surface area contributed by atoms with Gasteiger partial charge in [0.05, 0.1) is 30.3 Å². The maximum atomic E-state index is 13.4. The number of hydrogen-bond acceptors (Lipinski definition) is 9. The normalized spacial score (nSPS) is 15.1. The number of aliphatic hydroxyl groups excluding tert-OH is 1. The minimum atomic E-state index is -0.868. The van der Waals surface area contributed by atoms with Crippen molar-refractivity contribution in [1.82, 2.24) is 10.2 Å². The summed E-state index contributed by atoms with van der Waals surface area (Å²) in [7, 11) is 1.60. The second-order valence-electron chi connectivity index (χ2n) is 13.0. The van der Waals surface area contributed by atoms with Crippen LogP contribution in [-0.4, -0.2) is 79.5 Å². The number of nitrogens with zero attached hydrogens (tertiary/aromatic N) is 2. The summed E-state index contributed by atoms with van der Waals surface area (Å²) in [5.74, 6) is 0.626. The third-order valence-electron chi connectivity index (χ3n) is 9.65. The van der Waals surface area contributed by atoms with Gasteiger partial charge in [0.25, 0.3) is 0 Å². The van der Waals surface area contributed by atoms with Gasteiger partial charge in [-0.15, -0.1) is 0 Å². The molecular weight excluding hydrogens is 662 g/mol. The number of likely N-dealkylation sites (tertiary alicyclic amines) is 1. The van der Waals surface area contributed by atoms with Gasteiger partial charge in [-0.3, -0.25) is 14.9 Å². The van der Waals surface area contributed by atoms with Crippen LogP contribution in [0.3, 0.4) is 0 Å². The third kappa shape index (κ3) is 8.89. The molecule has 12 nitrogen and oxygen atoms in total. The molecule has 0 aromatic heterocycles. The van der Waals surface area contributed by atoms with Crippen LogP contribution in [0, 0.1) is 0 Å². The molecule has 0 bridgehead atoms. The maximum absolute atomic E-state index is 13.4. The van der Waals surface area contributed by atoms with E-state index in [2.05, 4.69) is 26.9 Å². The zero-order valence-electron chi connectivity index (χ0n) is 29.2. The van der Waals surface area contributed by atoms with Gasteiger partial charge in [0.1, 0.15) is 17.6 Å². The Kier molecular flexibility index (Phi) is 12.0. The molecule has 12 heteroatoms. The van der Waals surface area contributed by atoms with Crippen molar-refractivity contribution in [2.45, 2.75) is 44.4 Å². The van der Waals surface area contributed by atoms with Crippen LogP contribution in [0.4, 0.5) is 21.9 Å². The minimum absolute atomic E-state index is 0.0574. The van der Waals surface area contributed by atoms with Crippen LogP contribution < -0.4 is 25.6 Å². The van der Waals surface area contributed by atoms with Crippen LogP contribution in [-0.2, 0) is 27.3 Å². The lowest BCUT2D eigenvalue weighted by molar-refractivity contribution is -0.119. The maximum Gasteiger partial charge on any atom is 0.411 e. The van der Waals surface area contributed by atoms with E-state index in [0.29, 0.717) is 62.3 Å². The number of hydrogen-bond donors (Lipinski definition) is 5. The molecule has 3 amide bonds.